The van der Waals surface area contributed by atoms with Crippen molar-refractivity contribution in [3.8, 4) is 0 Å². The van der Waals surface area contributed by atoms with Gasteiger partial charge in [-0.05, 0) is 37.5 Å². The van der Waals surface area contributed by atoms with E-state index in [2.05, 4.69) is 39.7 Å². The predicted octanol–water partition coefficient (Wildman–Crippen LogP) is 3.51. The van der Waals surface area contributed by atoms with Crippen LogP contribution in [0.25, 0.3) is 0 Å². The molecule has 176 valence electrons. The number of nitrogens with one attached hydrogen (secondary N) is 3. The maximum atomic E-state index is 12.2. The van der Waals surface area contributed by atoms with Crippen molar-refractivity contribution in [2.75, 3.05) is 51.2 Å². The fraction of sp³-hybridized carbons (Fsp3) is 0.636. The second-order valence-corrected chi connectivity index (χ2v) is 8.48. The molecule has 1 aliphatic heterocycles. The summed E-state index contributed by atoms with van der Waals surface area (Å²) < 4.78 is 5.87. The molecule has 1 saturated heterocycles. The molecule has 1 aromatic carbocycles. The topological polar surface area (TPSA) is 78.0 Å². The molecular formula is C22H37ClIN5O2. The number of anilines is 1. The van der Waals surface area contributed by atoms with E-state index in [1.54, 1.807) is 0 Å². The molecule has 7 nitrogen and oxygen atoms in total. The number of amides is 1. The molecule has 0 aromatic heterocycles. The fourth-order valence-corrected chi connectivity index (χ4v) is 3.62. The van der Waals surface area contributed by atoms with Gasteiger partial charge in [0.25, 0.3) is 0 Å². The van der Waals surface area contributed by atoms with Crippen molar-refractivity contribution in [1.82, 2.24) is 15.5 Å². The van der Waals surface area contributed by atoms with Gasteiger partial charge in [0, 0.05) is 39.1 Å². The van der Waals surface area contributed by atoms with E-state index in [1.165, 1.54) is 0 Å². The first-order chi connectivity index (χ1) is 14.4. The summed E-state index contributed by atoms with van der Waals surface area (Å²) in [4.78, 5) is 19.3. The van der Waals surface area contributed by atoms with Crippen LogP contribution in [0.2, 0.25) is 5.02 Å². The Morgan fingerprint density at radius 3 is 2.81 bits per heavy atom. The van der Waals surface area contributed by atoms with Crippen molar-refractivity contribution in [3.63, 3.8) is 0 Å². The van der Waals surface area contributed by atoms with Gasteiger partial charge < -0.3 is 20.7 Å². The molecule has 1 heterocycles. The monoisotopic (exact) mass is 565 g/mol. The average molecular weight is 566 g/mol. The van der Waals surface area contributed by atoms with Gasteiger partial charge >= 0.3 is 0 Å². The van der Waals surface area contributed by atoms with Crippen molar-refractivity contribution < 1.29 is 9.53 Å². The molecular weight excluding hydrogens is 529 g/mol. The number of nitrogens with zero attached hydrogens (tertiary/aromatic N) is 2. The summed E-state index contributed by atoms with van der Waals surface area (Å²) in [5.74, 6) is 1.25. The lowest BCUT2D eigenvalue weighted by Crippen LogP contribution is -2.46. The van der Waals surface area contributed by atoms with Gasteiger partial charge in [-0.25, -0.2) is 0 Å². The Bertz CT molecular complexity index is 717. The van der Waals surface area contributed by atoms with Gasteiger partial charge in [-0.2, -0.15) is 0 Å². The van der Waals surface area contributed by atoms with Gasteiger partial charge in [0.15, 0.2) is 5.96 Å². The zero-order valence-corrected chi connectivity index (χ0v) is 22.1. The van der Waals surface area contributed by atoms with Crippen molar-refractivity contribution >= 4 is 53.1 Å². The highest BCUT2D eigenvalue weighted by Gasteiger charge is 2.20. The van der Waals surface area contributed by atoms with E-state index in [0.717, 1.165) is 38.3 Å². The van der Waals surface area contributed by atoms with Crippen LogP contribution in [0.4, 0.5) is 5.69 Å². The SMILES string of the molecule is CCNC(=NCC1CN(CC(C)C)CCO1)NCCC(=O)Nc1ccc(C)cc1Cl.I. The Morgan fingerprint density at radius 2 is 2.13 bits per heavy atom. The number of carbonyl (C=O) groups excluding carboxylic acids is 1. The van der Waals surface area contributed by atoms with E-state index in [4.69, 9.17) is 16.3 Å². The molecule has 1 amide bonds. The molecule has 31 heavy (non-hydrogen) atoms. The van der Waals surface area contributed by atoms with Gasteiger partial charge in [-0.3, -0.25) is 14.7 Å². The quantitative estimate of drug-likeness (QED) is 0.243. The molecule has 9 heteroatoms. The number of guanidine groups is 1. The Balaban J connectivity index is 0.00000480. The molecule has 0 aliphatic carbocycles. The molecule has 2 rings (SSSR count). The van der Waals surface area contributed by atoms with Crippen LogP contribution in [-0.4, -0.2) is 68.7 Å². The van der Waals surface area contributed by atoms with E-state index in [-0.39, 0.29) is 36.0 Å². The summed E-state index contributed by atoms with van der Waals surface area (Å²) in [6.45, 7) is 14.0. The van der Waals surface area contributed by atoms with Crippen molar-refractivity contribution in [2.45, 2.75) is 40.2 Å². The number of rotatable bonds is 9. The van der Waals surface area contributed by atoms with Crippen LogP contribution >= 0.6 is 35.6 Å². The van der Waals surface area contributed by atoms with Crippen LogP contribution in [0, 0.1) is 12.8 Å². The highest BCUT2D eigenvalue weighted by molar-refractivity contribution is 14.0. The van der Waals surface area contributed by atoms with Gasteiger partial charge in [-0.15, -0.1) is 24.0 Å². The van der Waals surface area contributed by atoms with E-state index in [1.807, 2.05) is 32.0 Å². The minimum atomic E-state index is -0.0935. The lowest BCUT2D eigenvalue weighted by Gasteiger charge is -2.33. The Hall–Kier alpha value is -1.10. The number of halogens is 2. The normalized spacial score (nSPS) is 17.2. The van der Waals surface area contributed by atoms with Crippen molar-refractivity contribution in [1.29, 1.82) is 0 Å². The number of benzene rings is 1. The lowest BCUT2D eigenvalue weighted by atomic mass is 10.2. The number of ether oxygens (including phenoxy) is 1. The summed E-state index contributed by atoms with van der Waals surface area (Å²) in [6.07, 6.45) is 0.413. The predicted molar refractivity (Wildman–Crippen MR) is 140 cm³/mol. The number of morpholine rings is 1. The second kappa shape index (κ2) is 14.9. The summed E-state index contributed by atoms with van der Waals surface area (Å²) in [6, 6.07) is 5.58. The average Bonchev–Trinajstić information content (AvgIpc) is 2.68. The number of aryl methyl sites for hydroxylation is 1. The third kappa shape index (κ3) is 10.9. The number of hydrogen-bond donors (Lipinski definition) is 3. The molecule has 0 bridgehead atoms. The number of aliphatic imine (C=N–C) groups is 1. The van der Waals surface area contributed by atoms with Gasteiger partial charge in [0.2, 0.25) is 5.91 Å². The Kier molecular flexibility index (Phi) is 13.4. The molecule has 1 aliphatic rings. The first-order valence-electron chi connectivity index (χ1n) is 10.8. The Morgan fingerprint density at radius 1 is 1.35 bits per heavy atom. The summed E-state index contributed by atoms with van der Waals surface area (Å²) in [5.41, 5.74) is 1.69. The van der Waals surface area contributed by atoms with Crippen LogP contribution in [0.1, 0.15) is 32.8 Å². The van der Waals surface area contributed by atoms with Crippen molar-refractivity contribution in [2.24, 2.45) is 10.9 Å². The molecule has 0 radical (unpaired) electrons. The summed E-state index contributed by atoms with van der Waals surface area (Å²) in [5, 5.41) is 9.84. The van der Waals surface area contributed by atoms with Crippen molar-refractivity contribution in [3.05, 3.63) is 28.8 Å². The first-order valence-corrected chi connectivity index (χ1v) is 11.2. The maximum absolute atomic E-state index is 12.2. The minimum absolute atomic E-state index is 0. The number of carbonyl (C=O) groups is 1. The van der Waals surface area contributed by atoms with Crippen LogP contribution in [-0.2, 0) is 9.53 Å². The lowest BCUT2D eigenvalue weighted by molar-refractivity contribution is -0.116. The van der Waals surface area contributed by atoms with E-state index >= 15 is 0 Å². The highest BCUT2D eigenvalue weighted by Crippen LogP contribution is 2.22. The number of hydrogen-bond acceptors (Lipinski definition) is 4. The van der Waals surface area contributed by atoms with Crippen LogP contribution in [0.5, 0.6) is 0 Å². The van der Waals surface area contributed by atoms with E-state index in [9.17, 15) is 4.79 Å². The zero-order chi connectivity index (χ0) is 21.9. The Labute approximate surface area is 208 Å². The first kappa shape index (κ1) is 27.9. The molecule has 0 spiro atoms. The van der Waals surface area contributed by atoms with Crippen LogP contribution in [0.15, 0.2) is 23.2 Å². The van der Waals surface area contributed by atoms with Crippen LogP contribution in [0.3, 0.4) is 0 Å². The van der Waals surface area contributed by atoms with Gasteiger partial charge in [-0.1, -0.05) is 31.5 Å². The van der Waals surface area contributed by atoms with Crippen LogP contribution < -0.4 is 16.0 Å². The summed E-state index contributed by atoms with van der Waals surface area (Å²) in [7, 11) is 0. The standard InChI is InChI=1S/C22H36ClN5O2.HI/c1-5-24-22(26-13-18-15-28(10-11-30-18)14-16(2)3)25-9-8-21(29)27-20-7-6-17(4)12-19(20)23;/h6-7,12,16,18H,5,8-11,13-15H2,1-4H3,(H,27,29)(H2,24,25,26);1H. The fourth-order valence-electron chi connectivity index (χ4n) is 3.34. The smallest absolute Gasteiger partial charge is 0.226 e. The second-order valence-electron chi connectivity index (χ2n) is 8.07. The highest BCUT2D eigenvalue weighted by atomic mass is 127. The van der Waals surface area contributed by atoms with E-state index in [0.29, 0.717) is 42.1 Å². The third-order valence-corrected chi connectivity index (χ3v) is 5.00. The molecule has 1 unspecified atom stereocenters. The van der Waals surface area contributed by atoms with Gasteiger partial charge in [0.1, 0.15) is 0 Å². The third-order valence-electron chi connectivity index (χ3n) is 4.69. The molecule has 3 N–H and O–H groups in total. The maximum Gasteiger partial charge on any atom is 0.226 e. The molecule has 0 saturated carbocycles. The molecule has 1 aromatic rings. The zero-order valence-electron chi connectivity index (χ0n) is 19.0. The summed E-state index contributed by atoms with van der Waals surface area (Å²) >= 11 is 6.18. The van der Waals surface area contributed by atoms with Gasteiger partial charge in [0.05, 0.1) is 30.0 Å². The van der Waals surface area contributed by atoms with E-state index < -0.39 is 0 Å². The molecule has 1 fully saturated rings. The molecule has 1 atom stereocenters. The largest absolute Gasteiger partial charge is 0.374 e. The minimum Gasteiger partial charge on any atom is -0.374 e.